The Kier molecular flexibility index (Phi) is 3.66. The van der Waals surface area contributed by atoms with Crippen LogP contribution in [0.15, 0.2) is 0 Å². The van der Waals surface area contributed by atoms with E-state index in [9.17, 15) is 9.59 Å². The molecular weight excluding hydrogens is 236 g/mol. The lowest BCUT2D eigenvalue weighted by Crippen LogP contribution is -2.50. The van der Waals surface area contributed by atoms with Crippen LogP contribution in [0.5, 0.6) is 0 Å². The molecule has 0 bridgehead atoms. The van der Waals surface area contributed by atoms with E-state index >= 15 is 0 Å². The van der Waals surface area contributed by atoms with Gasteiger partial charge in [0.2, 0.25) is 11.8 Å². The Morgan fingerprint density at radius 3 is 3.12 bits per heavy atom. The molecule has 0 unspecified atom stereocenters. The largest absolute Gasteiger partial charge is 0.354 e. The SMILES string of the molecule is CCCCNC(=O)[C@@H]1CS[C@]2(C)CCC(=O)N12. The van der Waals surface area contributed by atoms with E-state index in [0.29, 0.717) is 6.42 Å². The molecule has 2 fully saturated rings. The van der Waals surface area contributed by atoms with Crippen LogP contribution in [0, 0.1) is 0 Å². The molecule has 4 nitrogen and oxygen atoms in total. The molecule has 0 aromatic rings. The number of hydrogen-bond acceptors (Lipinski definition) is 3. The van der Waals surface area contributed by atoms with Crippen molar-refractivity contribution in [2.24, 2.45) is 0 Å². The second kappa shape index (κ2) is 4.88. The van der Waals surface area contributed by atoms with Crippen molar-refractivity contribution in [3.05, 3.63) is 0 Å². The summed E-state index contributed by atoms with van der Waals surface area (Å²) in [5.41, 5.74) is 0. The minimum atomic E-state index is -0.253. The average Bonchev–Trinajstić information content (AvgIpc) is 2.77. The molecule has 2 rings (SSSR count). The molecule has 17 heavy (non-hydrogen) atoms. The zero-order valence-electron chi connectivity index (χ0n) is 10.5. The summed E-state index contributed by atoms with van der Waals surface area (Å²) < 4.78 is 0. The van der Waals surface area contributed by atoms with Crippen molar-refractivity contribution >= 4 is 23.6 Å². The molecule has 0 aliphatic carbocycles. The molecule has 0 saturated carbocycles. The van der Waals surface area contributed by atoms with Crippen molar-refractivity contribution in [3.63, 3.8) is 0 Å². The predicted octanol–water partition coefficient (Wildman–Crippen LogP) is 1.36. The molecule has 96 valence electrons. The van der Waals surface area contributed by atoms with Crippen LogP contribution in [0.3, 0.4) is 0 Å². The summed E-state index contributed by atoms with van der Waals surface area (Å²) in [6, 6.07) is -0.253. The van der Waals surface area contributed by atoms with Crippen LogP contribution in [0.2, 0.25) is 0 Å². The van der Waals surface area contributed by atoms with Crippen molar-refractivity contribution in [1.29, 1.82) is 0 Å². The number of amides is 2. The minimum absolute atomic E-state index is 0.0184. The van der Waals surface area contributed by atoms with E-state index in [1.807, 2.05) is 0 Å². The van der Waals surface area contributed by atoms with Crippen LogP contribution in [0.25, 0.3) is 0 Å². The van der Waals surface area contributed by atoms with Crippen molar-refractivity contribution < 1.29 is 9.59 Å². The molecule has 2 aliphatic rings. The van der Waals surface area contributed by atoms with E-state index in [-0.39, 0.29) is 22.7 Å². The summed E-state index contributed by atoms with van der Waals surface area (Å²) in [4.78, 5) is 25.5. The van der Waals surface area contributed by atoms with Crippen molar-refractivity contribution in [2.75, 3.05) is 12.3 Å². The van der Waals surface area contributed by atoms with E-state index in [1.165, 1.54) is 0 Å². The third-order valence-corrected chi connectivity index (χ3v) is 5.08. The third-order valence-electron chi connectivity index (χ3n) is 3.58. The zero-order chi connectivity index (χ0) is 12.5. The third kappa shape index (κ3) is 2.30. The Hall–Kier alpha value is -0.710. The van der Waals surface area contributed by atoms with Gasteiger partial charge in [-0.1, -0.05) is 13.3 Å². The molecular formula is C12H20N2O2S. The first-order chi connectivity index (χ1) is 8.08. The fourth-order valence-corrected chi connectivity index (χ4v) is 3.95. The Morgan fingerprint density at radius 1 is 1.65 bits per heavy atom. The van der Waals surface area contributed by atoms with Crippen LogP contribution in [0.1, 0.15) is 39.5 Å². The topological polar surface area (TPSA) is 49.4 Å². The highest BCUT2D eigenvalue weighted by atomic mass is 32.2. The first-order valence-corrected chi connectivity index (χ1v) is 7.31. The molecule has 0 aromatic carbocycles. The lowest BCUT2D eigenvalue weighted by Gasteiger charge is -2.29. The van der Waals surface area contributed by atoms with Crippen LogP contribution in [0.4, 0.5) is 0 Å². The summed E-state index contributed by atoms with van der Waals surface area (Å²) in [7, 11) is 0. The van der Waals surface area contributed by atoms with Gasteiger partial charge in [0, 0.05) is 18.7 Å². The Bertz CT molecular complexity index is 334. The fraction of sp³-hybridized carbons (Fsp3) is 0.833. The molecule has 2 saturated heterocycles. The second-order valence-electron chi connectivity index (χ2n) is 4.91. The molecule has 2 amide bonds. The summed E-state index contributed by atoms with van der Waals surface area (Å²) in [5.74, 6) is 0.887. The van der Waals surface area contributed by atoms with Gasteiger partial charge in [0.1, 0.15) is 6.04 Å². The van der Waals surface area contributed by atoms with Crippen molar-refractivity contribution in [1.82, 2.24) is 10.2 Å². The standard InChI is InChI=1S/C12H20N2O2S/c1-3-4-7-13-11(16)9-8-17-12(2)6-5-10(15)14(9)12/h9H,3-8H2,1-2H3,(H,13,16)/t9-,12+/m0/s1. The van der Waals surface area contributed by atoms with Gasteiger partial charge in [-0.05, 0) is 19.8 Å². The van der Waals surface area contributed by atoms with E-state index in [4.69, 9.17) is 0 Å². The smallest absolute Gasteiger partial charge is 0.243 e. The van der Waals surface area contributed by atoms with Crippen molar-refractivity contribution in [2.45, 2.75) is 50.4 Å². The number of rotatable bonds is 4. The summed E-state index contributed by atoms with van der Waals surface area (Å²) in [5, 5.41) is 2.93. The summed E-state index contributed by atoms with van der Waals surface area (Å²) in [6.45, 7) is 4.88. The maximum absolute atomic E-state index is 12.0. The quantitative estimate of drug-likeness (QED) is 0.773. The molecule has 2 aliphatic heterocycles. The van der Waals surface area contributed by atoms with Gasteiger partial charge in [-0.25, -0.2) is 0 Å². The maximum Gasteiger partial charge on any atom is 0.243 e. The maximum atomic E-state index is 12.0. The molecule has 0 aromatic heterocycles. The number of nitrogens with zero attached hydrogens (tertiary/aromatic N) is 1. The highest BCUT2D eigenvalue weighted by molar-refractivity contribution is 8.01. The number of hydrogen-bond donors (Lipinski definition) is 1. The Morgan fingerprint density at radius 2 is 2.41 bits per heavy atom. The highest BCUT2D eigenvalue weighted by Gasteiger charge is 2.52. The second-order valence-corrected chi connectivity index (χ2v) is 6.41. The minimum Gasteiger partial charge on any atom is -0.354 e. The Balaban J connectivity index is 1.98. The van der Waals surface area contributed by atoms with Gasteiger partial charge in [-0.3, -0.25) is 9.59 Å². The molecule has 2 heterocycles. The van der Waals surface area contributed by atoms with E-state index < -0.39 is 0 Å². The van der Waals surface area contributed by atoms with Gasteiger partial charge in [-0.15, -0.1) is 11.8 Å². The van der Waals surface area contributed by atoms with Gasteiger partial charge < -0.3 is 10.2 Å². The van der Waals surface area contributed by atoms with Crippen LogP contribution < -0.4 is 5.32 Å². The predicted molar refractivity (Wildman–Crippen MR) is 68.6 cm³/mol. The molecule has 0 radical (unpaired) electrons. The first kappa shape index (κ1) is 12.7. The van der Waals surface area contributed by atoms with Crippen molar-refractivity contribution in [3.8, 4) is 0 Å². The lowest BCUT2D eigenvalue weighted by molar-refractivity contribution is -0.137. The number of fused-ring (bicyclic) bond motifs is 1. The molecule has 0 spiro atoms. The van der Waals surface area contributed by atoms with Crippen LogP contribution in [-0.4, -0.2) is 39.9 Å². The number of carbonyl (C=O) groups is 2. The summed E-state index contributed by atoms with van der Waals surface area (Å²) >= 11 is 1.74. The normalized spacial score (nSPS) is 31.8. The first-order valence-electron chi connectivity index (χ1n) is 6.32. The number of unbranched alkanes of at least 4 members (excludes halogenated alkanes) is 1. The van der Waals surface area contributed by atoms with Gasteiger partial charge in [0.25, 0.3) is 0 Å². The molecule has 5 heteroatoms. The average molecular weight is 256 g/mol. The van der Waals surface area contributed by atoms with Gasteiger partial charge >= 0.3 is 0 Å². The van der Waals surface area contributed by atoms with Crippen LogP contribution >= 0.6 is 11.8 Å². The van der Waals surface area contributed by atoms with Gasteiger partial charge in [0.05, 0.1) is 4.87 Å². The van der Waals surface area contributed by atoms with E-state index in [1.54, 1.807) is 16.7 Å². The van der Waals surface area contributed by atoms with E-state index in [0.717, 1.165) is 31.6 Å². The number of nitrogens with one attached hydrogen (secondary N) is 1. The van der Waals surface area contributed by atoms with Gasteiger partial charge in [0.15, 0.2) is 0 Å². The van der Waals surface area contributed by atoms with Gasteiger partial charge in [-0.2, -0.15) is 0 Å². The number of thioether (sulfide) groups is 1. The monoisotopic (exact) mass is 256 g/mol. The lowest BCUT2D eigenvalue weighted by atomic mass is 10.2. The highest BCUT2D eigenvalue weighted by Crippen LogP contribution is 2.47. The molecule has 1 N–H and O–H groups in total. The fourth-order valence-electron chi connectivity index (χ4n) is 2.52. The zero-order valence-corrected chi connectivity index (χ0v) is 11.3. The van der Waals surface area contributed by atoms with Crippen LogP contribution in [-0.2, 0) is 9.59 Å². The molecule has 2 atom stereocenters. The summed E-state index contributed by atoms with van der Waals surface area (Å²) in [6.07, 6.45) is 3.52. The number of carbonyl (C=O) groups excluding carboxylic acids is 2. The Labute approximate surface area is 106 Å². The van der Waals surface area contributed by atoms with E-state index in [2.05, 4.69) is 19.2 Å².